The van der Waals surface area contributed by atoms with Crippen molar-refractivity contribution in [2.45, 2.75) is 51.1 Å². The smallest absolute Gasteiger partial charge is 0.407 e. The minimum absolute atomic E-state index is 0.0262. The van der Waals surface area contributed by atoms with E-state index in [1.807, 2.05) is 34.9 Å². The van der Waals surface area contributed by atoms with Crippen LogP contribution in [0, 0.1) is 23.5 Å². The van der Waals surface area contributed by atoms with Gasteiger partial charge in [-0.2, -0.15) is 0 Å². The van der Waals surface area contributed by atoms with E-state index in [1.54, 1.807) is 18.0 Å². The first-order chi connectivity index (χ1) is 27.6. The quantitative estimate of drug-likeness (QED) is 0.0930. The van der Waals surface area contributed by atoms with Crippen LogP contribution in [-0.2, 0) is 27.3 Å². The van der Waals surface area contributed by atoms with Gasteiger partial charge in [0.25, 0.3) is 0 Å². The Balaban J connectivity index is 1.19. The third-order valence-corrected chi connectivity index (χ3v) is 10.2. The average molecular weight is 798 g/mol. The molecular formula is C40H50F3N7O7. The van der Waals surface area contributed by atoms with Crippen LogP contribution in [0.4, 0.5) is 22.8 Å². The number of amides is 3. The standard InChI is InChI=1S/C40H50F3N7O7/c1-26(25-57-40(54)45-13-17-56-18-14-49-35(51)9-10-36(49)52)46-39(53)50(23-29-20-44-21-33(29)43)37(28-11-15-55-16-12-28)38-47-34(31-19-30(41)7-8-32(31)42)24-48(38)22-27-5-3-2-4-6-27/h2-10,19,24,26,28-29,33,37,44,51-52H,11-18,20-23,25H2,1H3,(H,45,54)(H,46,53). The number of imidazole rings is 1. The van der Waals surface area contributed by atoms with Crippen molar-refractivity contribution >= 4 is 12.1 Å². The lowest BCUT2D eigenvalue weighted by Crippen LogP contribution is -2.52. The van der Waals surface area contributed by atoms with Crippen molar-refractivity contribution in [3.8, 4) is 23.0 Å². The van der Waals surface area contributed by atoms with E-state index in [1.165, 1.54) is 16.7 Å². The minimum Gasteiger partial charge on any atom is -0.494 e. The van der Waals surface area contributed by atoms with E-state index in [0.717, 1.165) is 23.8 Å². The molecule has 0 spiro atoms. The number of urea groups is 1. The van der Waals surface area contributed by atoms with Crippen LogP contribution in [0.25, 0.3) is 11.3 Å². The summed E-state index contributed by atoms with van der Waals surface area (Å²) in [4.78, 5) is 33.5. The van der Waals surface area contributed by atoms with Gasteiger partial charge in [-0.25, -0.2) is 27.7 Å². The van der Waals surface area contributed by atoms with Crippen molar-refractivity contribution in [3.63, 3.8) is 0 Å². The van der Waals surface area contributed by atoms with Gasteiger partial charge in [0.1, 0.15) is 30.2 Å². The first-order valence-electron chi connectivity index (χ1n) is 19.2. The molecule has 6 rings (SSSR count). The minimum atomic E-state index is -1.21. The van der Waals surface area contributed by atoms with Crippen LogP contribution >= 0.6 is 0 Å². The number of alkyl carbamates (subject to hydrolysis) is 1. The molecule has 57 heavy (non-hydrogen) atoms. The first kappa shape index (κ1) is 41.4. The Morgan fingerprint density at radius 1 is 1.05 bits per heavy atom. The van der Waals surface area contributed by atoms with E-state index in [-0.39, 0.29) is 74.9 Å². The predicted molar refractivity (Wildman–Crippen MR) is 203 cm³/mol. The number of aromatic nitrogens is 3. The lowest BCUT2D eigenvalue weighted by atomic mass is 9.89. The zero-order valence-corrected chi connectivity index (χ0v) is 31.8. The summed E-state index contributed by atoms with van der Waals surface area (Å²) in [5.74, 6) is -1.74. The Bertz CT molecular complexity index is 1900. The molecule has 17 heteroatoms. The number of nitrogens with one attached hydrogen (secondary N) is 3. The van der Waals surface area contributed by atoms with Crippen molar-refractivity contribution in [2.75, 3.05) is 59.2 Å². The molecule has 308 valence electrons. The van der Waals surface area contributed by atoms with Gasteiger partial charge in [-0.1, -0.05) is 30.3 Å². The Kier molecular flexibility index (Phi) is 14.3. The van der Waals surface area contributed by atoms with Gasteiger partial charge in [0.15, 0.2) is 11.8 Å². The number of ether oxygens (including phenoxy) is 3. The van der Waals surface area contributed by atoms with Crippen LogP contribution in [0.5, 0.6) is 11.8 Å². The fourth-order valence-electron chi connectivity index (χ4n) is 7.23. The predicted octanol–water partition coefficient (Wildman–Crippen LogP) is 4.96. The topological polar surface area (TPSA) is 164 Å². The number of rotatable bonds is 17. The van der Waals surface area contributed by atoms with Gasteiger partial charge >= 0.3 is 12.1 Å². The molecule has 4 heterocycles. The van der Waals surface area contributed by atoms with Crippen LogP contribution in [-0.4, -0.2) is 113 Å². The Morgan fingerprint density at radius 2 is 1.81 bits per heavy atom. The van der Waals surface area contributed by atoms with E-state index in [2.05, 4.69) is 16.0 Å². The summed E-state index contributed by atoms with van der Waals surface area (Å²) in [5.41, 5.74) is 1.08. The summed E-state index contributed by atoms with van der Waals surface area (Å²) in [7, 11) is 0. The molecule has 2 aliphatic heterocycles. The fraction of sp³-hybridized carbons (Fsp3) is 0.475. The maximum absolute atomic E-state index is 15.3. The lowest BCUT2D eigenvalue weighted by molar-refractivity contribution is 0.0252. The number of carbonyl (C=O) groups excluding carboxylic acids is 2. The Hall–Kier alpha value is -5.26. The molecule has 0 bridgehead atoms. The molecule has 2 aromatic carbocycles. The van der Waals surface area contributed by atoms with E-state index in [9.17, 15) is 24.2 Å². The summed E-state index contributed by atoms with van der Waals surface area (Å²) >= 11 is 0. The number of carbonyl (C=O) groups is 2. The van der Waals surface area contributed by atoms with Crippen molar-refractivity contribution in [2.24, 2.45) is 11.8 Å². The average Bonchev–Trinajstić information content (AvgIpc) is 3.91. The molecular weight excluding hydrogens is 747 g/mol. The molecule has 5 N–H and O–H groups in total. The molecule has 4 unspecified atom stereocenters. The van der Waals surface area contributed by atoms with Crippen molar-refractivity contribution < 1.29 is 47.2 Å². The van der Waals surface area contributed by atoms with Gasteiger partial charge < -0.3 is 49.8 Å². The highest BCUT2D eigenvalue weighted by Gasteiger charge is 2.40. The molecule has 0 aliphatic carbocycles. The van der Waals surface area contributed by atoms with E-state index < -0.39 is 47.9 Å². The van der Waals surface area contributed by atoms with Crippen molar-refractivity contribution in [3.05, 3.63) is 89.9 Å². The lowest BCUT2D eigenvalue weighted by Gasteiger charge is -2.40. The third-order valence-electron chi connectivity index (χ3n) is 10.2. The summed E-state index contributed by atoms with van der Waals surface area (Å²) in [6, 6.07) is 13.6. The largest absolute Gasteiger partial charge is 0.494 e. The van der Waals surface area contributed by atoms with Crippen LogP contribution in [0.2, 0.25) is 0 Å². The monoisotopic (exact) mass is 797 g/mol. The number of aromatic hydroxyl groups is 2. The van der Waals surface area contributed by atoms with Crippen LogP contribution in [0.1, 0.15) is 37.2 Å². The molecule has 14 nitrogen and oxygen atoms in total. The summed E-state index contributed by atoms with van der Waals surface area (Å²) in [5, 5.41) is 28.0. The highest BCUT2D eigenvalue weighted by molar-refractivity contribution is 5.75. The SMILES string of the molecule is CC(COC(=O)NCCOCCn1c(O)ccc1O)NC(=O)N(CC1CNCC1F)C(c1nc(-c2cc(F)ccc2F)cn1Cc1ccccc1)C1CCOCC1. The van der Waals surface area contributed by atoms with E-state index in [0.29, 0.717) is 45.0 Å². The van der Waals surface area contributed by atoms with Crippen molar-refractivity contribution in [1.29, 1.82) is 0 Å². The van der Waals surface area contributed by atoms with E-state index >= 15 is 8.78 Å². The summed E-state index contributed by atoms with van der Waals surface area (Å²) in [6.07, 6.45) is 0.861. The number of hydrogen-bond donors (Lipinski definition) is 5. The molecule has 2 saturated heterocycles. The maximum Gasteiger partial charge on any atom is 0.407 e. The number of nitrogens with zero attached hydrogens (tertiary/aromatic N) is 4. The number of halogens is 3. The van der Waals surface area contributed by atoms with Gasteiger partial charge in [-0.15, -0.1) is 0 Å². The highest BCUT2D eigenvalue weighted by Crippen LogP contribution is 2.38. The van der Waals surface area contributed by atoms with Gasteiger partial charge in [-0.3, -0.25) is 4.57 Å². The molecule has 0 radical (unpaired) electrons. The summed E-state index contributed by atoms with van der Waals surface area (Å²) < 4.78 is 64.7. The van der Waals surface area contributed by atoms with Crippen LogP contribution in [0.3, 0.4) is 0 Å². The second-order valence-corrected chi connectivity index (χ2v) is 14.4. The third kappa shape index (κ3) is 11.0. The number of hydrogen-bond acceptors (Lipinski definition) is 9. The second kappa shape index (κ2) is 19.7. The molecule has 3 amide bonds. The molecule has 2 fully saturated rings. The molecule has 4 atom stereocenters. The first-order valence-corrected chi connectivity index (χ1v) is 19.2. The van der Waals surface area contributed by atoms with Gasteiger partial charge in [0, 0.05) is 75.7 Å². The van der Waals surface area contributed by atoms with Gasteiger partial charge in [0.2, 0.25) is 0 Å². The molecule has 2 aromatic heterocycles. The second-order valence-electron chi connectivity index (χ2n) is 14.4. The fourth-order valence-corrected chi connectivity index (χ4v) is 7.23. The van der Waals surface area contributed by atoms with Gasteiger partial charge in [-0.05, 0) is 49.4 Å². The Morgan fingerprint density at radius 3 is 2.53 bits per heavy atom. The Labute approximate surface area is 328 Å². The van der Waals surface area contributed by atoms with E-state index in [4.69, 9.17) is 19.2 Å². The summed E-state index contributed by atoms with van der Waals surface area (Å²) in [6.45, 7) is 3.87. The number of benzene rings is 2. The normalized spacial score (nSPS) is 18.2. The molecule has 0 saturated carbocycles. The zero-order valence-electron chi connectivity index (χ0n) is 31.8. The number of alkyl halides is 1. The molecule has 2 aliphatic rings. The molecule has 4 aromatic rings. The van der Waals surface area contributed by atoms with Gasteiger partial charge in [0.05, 0.1) is 37.5 Å². The van der Waals surface area contributed by atoms with Crippen LogP contribution in [0.15, 0.2) is 66.9 Å². The van der Waals surface area contributed by atoms with Crippen LogP contribution < -0.4 is 16.0 Å². The highest BCUT2D eigenvalue weighted by atomic mass is 19.1. The zero-order chi connectivity index (χ0) is 40.3. The maximum atomic E-state index is 15.3. The van der Waals surface area contributed by atoms with Crippen molar-refractivity contribution in [1.82, 2.24) is 35.0 Å².